The van der Waals surface area contributed by atoms with Gasteiger partial charge in [0.05, 0.1) is 19.2 Å². The summed E-state index contributed by atoms with van der Waals surface area (Å²) in [4.78, 5) is 21.2. The first-order valence-corrected chi connectivity index (χ1v) is 11.2. The van der Waals surface area contributed by atoms with Crippen LogP contribution in [-0.4, -0.2) is 47.8 Å². The molecule has 1 amide bonds. The number of carbonyl (C=O) groups is 1. The van der Waals surface area contributed by atoms with Gasteiger partial charge in [-0.3, -0.25) is 4.79 Å². The van der Waals surface area contributed by atoms with E-state index in [4.69, 9.17) is 9.47 Å². The van der Waals surface area contributed by atoms with Gasteiger partial charge >= 0.3 is 0 Å². The molecule has 0 bridgehead atoms. The predicted octanol–water partition coefficient (Wildman–Crippen LogP) is 4.13. The predicted molar refractivity (Wildman–Crippen MR) is 134 cm³/mol. The number of rotatable bonds is 10. The summed E-state index contributed by atoms with van der Waals surface area (Å²) < 4.78 is 12.9. The molecule has 0 aliphatic carbocycles. The van der Waals surface area contributed by atoms with Gasteiger partial charge in [-0.25, -0.2) is 9.97 Å². The number of aromatic nitrogens is 3. The molecule has 0 aliphatic heterocycles. The first kappa shape index (κ1) is 23.2. The van der Waals surface area contributed by atoms with Gasteiger partial charge in [0, 0.05) is 61.4 Å². The molecule has 0 spiro atoms. The van der Waals surface area contributed by atoms with Gasteiger partial charge in [0.1, 0.15) is 5.75 Å². The largest absolute Gasteiger partial charge is 0.495 e. The third-order valence-electron chi connectivity index (χ3n) is 5.58. The molecule has 0 saturated heterocycles. The van der Waals surface area contributed by atoms with Gasteiger partial charge in [0.2, 0.25) is 5.91 Å². The number of hydrogen-bond donors (Lipinski definition) is 1. The Morgan fingerprint density at radius 1 is 1.06 bits per heavy atom. The van der Waals surface area contributed by atoms with Crippen LogP contribution in [-0.2, 0) is 22.5 Å². The summed E-state index contributed by atoms with van der Waals surface area (Å²) in [5, 5.41) is 4.00. The summed E-state index contributed by atoms with van der Waals surface area (Å²) in [6.45, 7) is 1.79. The van der Waals surface area contributed by atoms with Gasteiger partial charge in [0.15, 0.2) is 5.82 Å². The number of nitrogens with one attached hydrogen (secondary N) is 1. The first-order chi connectivity index (χ1) is 16.7. The van der Waals surface area contributed by atoms with Crippen molar-refractivity contribution in [3.63, 3.8) is 0 Å². The fourth-order valence-corrected chi connectivity index (χ4v) is 3.96. The molecule has 0 atom stereocenters. The highest BCUT2D eigenvalue weighted by Crippen LogP contribution is 2.30. The highest BCUT2D eigenvalue weighted by Gasteiger charge is 2.12. The quantitative estimate of drug-likeness (QED) is 0.363. The number of para-hydroxylation sites is 1. The SMILES string of the molecule is COCCn1cc(/C=C/C(=O)NCCc2ccccc2-c2ncccn2)c2cccc(OC)c21. The molecule has 0 saturated carbocycles. The molecule has 0 aliphatic rings. The molecular formula is C27H28N4O3. The topological polar surface area (TPSA) is 78.3 Å². The molecule has 7 nitrogen and oxygen atoms in total. The molecule has 174 valence electrons. The lowest BCUT2D eigenvalue weighted by Crippen LogP contribution is -2.23. The Balaban J connectivity index is 1.44. The molecule has 4 rings (SSSR count). The average molecular weight is 457 g/mol. The molecule has 2 aromatic heterocycles. The average Bonchev–Trinajstić information content (AvgIpc) is 3.25. The van der Waals surface area contributed by atoms with Crippen LogP contribution in [0.4, 0.5) is 0 Å². The Morgan fingerprint density at radius 2 is 1.88 bits per heavy atom. The van der Waals surface area contributed by atoms with Crippen molar-refractivity contribution in [3.8, 4) is 17.1 Å². The van der Waals surface area contributed by atoms with E-state index in [0.29, 0.717) is 31.9 Å². The van der Waals surface area contributed by atoms with Crippen LogP contribution in [0.5, 0.6) is 5.75 Å². The van der Waals surface area contributed by atoms with Crippen LogP contribution in [0.2, 0.25) is 0 Å². The summed E-state index contributed by atoms with van der Waals surface area (Å²) in [6.07, 6.45) is 9.57. The Morgan fingerprint density at radius 3 is 2.68 bits per heavy atom. The zero-order valence-electron chi connectivity index (χ0n) is 19.4. The maximum atomic E-state index is 12.5. The van der Waals surface area contributed by atoms with Crippen LogP contribution >= 0.6 is 0 Å². The molecule has 2 aromatic carbocycles. The molecule has 0 unspecified atom stereocenters. The van der Waals surface area contributed by atoms with Gasteiger partial charge in [0.25, 0.3) is 0 Å². The van der Waals surface area contributed by atoms with Crippen LogP contribution in [0.1, 0.15) is 11.1 Å². The van der Waals surface area contributed by atoms with Crippen molar-refractivity contribution in [3.05, 3.63) is 84.3 Å². The lowest BCUT2D eigenvalue weighted by Gasteiger charge is -2.08. The third-order valence-corrected chi connectivity index (χ3v) is 5.58. The molecule has 2 heterocycles. The number of fused-ring (bicyclic) bond motifs is 1. The minimum Gasteiger partial charge on any atom is -0.495 e. The Kier molecular flexibility index (Phi) is 7.67. The van der Waals surface area contributed by atoms with Crippen LogP contribution < -0.4 is 10.1 Å². The third kappa shape index (κ3) is 5.32. The van der Waals surface area contributed by atoms with Crippen molar-refractivity contribution >= 4 is 22.9 Å². The van der Waals surface area contributed by atoms with E-state index in [2.05, 4.69) is 19.9 Å². The van der Waals surface area contributed by atoms with Gasteiger partial charge in [-0.05, 0) is 30.2 Å². The van der Waals surface area contributed by atoms with Crippen LogP contribution in [0.3, 0.4) is 0 Å². The Bertz CT molecular complexity index is 1280. The maximum Gasteiger partial charge on any atom is 0.244 e. The van der Waals surface area contributed by atoms with Gasteiger partial charge in [-0.1, -0.05) is 36.4 Å². The van der Waals surface area contributed by atoms with Crippen molar-refractivity contribution in [1.82, 2.24) is 19.9 Å². The van der Waals surface area contributed by atoms with E-state index in [0.717, 1.165) is 33.3 Å². The highest BCUT2D eigenvalue weighted by atomic mass is 16.5. The number of ether oxygens (including phenoxy) is 2. The maximum absolute atomic E-state index is 12.5. The summed E-state index contributed by atoms with van der Waals surface area (Å²) in [7, 11) is 3.34. The molecule has 4 aromatic rings. The Hall–Kier alpha value is -3.97. The number of benzene rings is 2. The van der Waals surface area contributed by atoms with Crippen LogP contribution in [0.25, 0.3) is 28.4 Å². The highest BCUT2D eigenvalue weighted by molar-refractivity contribution is 5.98. The molecular weight excluding hydrogens is 428 g/mol. The van der Waals surface area contributed by atoms with E-state index in [1.54, 1.807) is 38.8 Å². The van der Waals surface area contributed by atoms with Crippen molar-refractivity contribution in [2.24, 2.45) is 0 Å². The standard InChI is InChI=1S/C27H28N4O3/c1-33-18-17-31-19-21(22-9-5-10-24(34-2)26(22)31)11-12-25(32)28-16-13-20-7-3-4-8-23(20)27-29-14-6-15-30-27/h3-12,14-15,19H,13,16-18H2,1-2H3,(H,28,32)/b12-11+. The zero-order chi connectivity index (χ0) is 23.8. The van der Waals surface area contributed by atoms with E-state index >= 15 is 0 Å². The van der Waals surface area contributed by atoms with Crippen molar-refractivity contribution in [2.45, 2.75) is 13.0 Å². The molecule has 1 N–H and O–H groups in total. The summed E-state index contributed by atoms with van der Waals surface area (Å²) in [6, 6.07) is 15.7. The molecule has 0 fully saturated rings. The minimum atomic E-state index is -0.144. The van der Waals surface area contributed by atoms with Crippen LogP contribution in [0.15, 0.2) is 73.2 Å². The van der Waals surface area contributed by atoms with E-state index in [9.17, 15) is 4.79 Å². The minimum absolute atomic E-state index is 0.144. The summed E-state index contributed by atoms with van der Waals surface area (Å²) in [5.41, 5.74) is 4.01. The van der Waals surface area contributed by atoms with Gasteiger partial charge < -0.3 is 19.4 Å². The zero-order valence-corrected chi connectivity index (χ0v) is 19.4. The normalized spacial score (nSPS) is 11.2. The Labute approximate surface area is 199 Å². The second-order valence-corrected chi connectivity index (χ2v) is 7.73. The lowest BCUT2D eigenvalue weighted by atomic mass is 10.0. The van der Waals surface area contributed by atoms with E-state index < -0.39 is 0 Å². The molecule has 0 radical (unpaired) electrons. The fraction of sp³-hybridized carbons (Fsp3) is 0.222. The lowest BCUT2D eigenvalue weighted by molar-refractivity contribution is -0.116. The van der Waals surface area contributed by atoms with Crippen molar-refractivity contribution in [1.29, 1.82) is 0 Å². The smallest absolute Gasteiger partial charge is 0.244 e. The van der Waals surface area contributed by atoms with E-state index in [-0.39, 0.29) is 5.91 Å². The molecule has 34 heavy (non-hydrogen) atoms. The van der Waals surface area contributed by atoms with Crippen molar-refractivity contribution < 1.29 is 14.3 Å². The number of amides is 1. The molecule has 7 heteroatoms. The number of hydrogen-bond acceptors (Lipinski definition) is 5. The monoisotopic (exact) mass is 456 g/mol. The number of methoxy groups -OCH3 is 2. The number of carbonyl (C=O) groups excluding carboxylic acids is 1. The van der Waals surface area contributed by atoms with Crippen molar-refractivity contribution in [2.75, 3.05) is 27.4 Å². The second-order valence-electron chi connectivity index (χ2n) is 7.73. The summed E-state index contributed by atoms with van der Waals surface area (Å²) >= 11 is 0. The van der Waals surface area contributed by atoms with Gasteiger partial charge in [-0.15, -0.1) is 0 Å². The first-order valence-electron chi connectivity index (χ1n) is 11.2. The van der Waals surface area contributed by atoms with Gasteiger partial charge in [-0.2, -0.15) is 0 Å². The van der Waals surface area contributed by atoms with E-state index in [1.165, 1.54) is 0 Å². The van der Waals surface area contributed by atoms with Crippen LogP contribution in [0, 0.1) is 0 Å². The fourth-order valence-electron chi connectivity index (χ4n) is 3.96. The van der Waals surface area contributed by atoms with E-state index in [1.807, 2.05) is 54.7 Å². The second kappa shape index (κ2) is 11.2. The summed E-state index contributed by atoms with van der Waals surface area (Å²) in [5.74, 6) is 1.33. The number of nitrogens with zero attached hydrogens (tertiary/aromatic N) is 3.